The van der Waals surface area contributed by atoms with Crippen molar-refractivity contribution in [3.63, 3.8) is 0 Å². The molecule has 0 aromatic heterocycles. The smallest absolute Gasteiger partial charge is 0.183 e. The Kier molecular flexibility index (Phi) is 4.36. The molecule has 1 N–H and O–H groups in total. The maximum absolute atomic E-state index is 12.7. The maximum Gasteiger partial charge on any atom is 0.183 e. The van der Waals surface area contributed by atoms with Gasteiger partial charge in [0.25, 0.3) is 0 Å². The Hall–Kier alpha value is -1.27. The second-order valence-electron chi connectivity index (χ2n) is 3.49. The quantitative estimate of drug-likeness (QED) is 0.795. The number of ketones is 1. The molecular formula is C11H13FO4S. The normalized spacial score (nSPS) is 13.4. The Balaban J connectivity index is 3.07. The lowest BCUT2D eigenvalue weighted by atomic mass is 10.1. The van der Waals surface area contributed by atoms with Gasteiger partial charge in [-0.05, 0) is 24.3 Å². The zero-order chi connectivity index (χ0) is 13.1. The summed E-state index contributed by atoms with van der Waals surface area (Å²) in [5.74, 6) is -1.46. The van der Waals surface area contributed by atoms with Crippen LogP contribution < -0.4 is 0 Å². The summed E-state index contributed by atoms with van der Waals surface area (Å²) in [6, 6.07) is 4.54. The van der Waals surface area contributed by atoms with Crippen molar-refractivity contribution in [2.75, 3.05) is 12.4 Å². The van der Waals surface area contributed by atoms with E-state index in [1.165, 1.54) is 19.1 Å². The Labute approximate surface area is 99.0 Å². The number of hydrogen-bond acceptors (Lipinski definition) is 4. The number of halogens is 1. The van der Waals surface area contributed by atoms with Gasteiger partial charge >= 0.3 is 0 Å². The first kappa shape index (κ1) is 13.8. The molecule has 0 fully saturated rings. The molecule has 94 valence electrons. The van der Waals surface area contributed by atoms with Crippen molar-refractivity contribution in [2.45, 2.75) is 12.2 Å². The number of aliphatic hydroxyl groups is 1. The summed E-state index contributed by atoms with van der Waals surface area (Å²) in [5.41, 5.74) is 0.0717. The molecule has 4 nitrogen and oxygen atoms in total. The number of rotatable bonds is 5. The number of benzene rings is 1. The van der Waals surface area contributed by atoms with Gasteiger partial charge in [0.05, 0.1) is 6.61 Å². The van der Waals surface area contributed by atoms with E-state index in [9.17, 15) is 17.6 Å². The van der Waals surface area contributed by atoms with E-state index in [2.05, 4.69) is 0 Å². The molecule has 6 heteroatoms. The molecule has 1 atom stereocenters. The number of hydrogen-bond donors (Lipinski definition) is 1. The van der Waals surface area contributed by atoms with Gasteiger partial charge in [-0.1, -0.05) is 6.92 Å². The van der Waals surface area contributed by atoms with Crippen LogP contribution in [-0.2, 0) is 9.84 Å². The molecule has 1 rings (SSSR count). The molecule has 0 saturated heterocycles. The molecule has 0 radical (unpaired) electrons. The average Bonchev–Trinajstić information content (AvgIpc) is 2.30. The Morgan fingerprint density at radius 3 is 2.29 bits per heavy atom. The second-order valence-corrected chi connectivity index (χ2v) is 5.97. The maximum atomic E-state index is 12.7. The van der Waals surface area contributed by atoms with Crippen LogP contribution in [0.1, 0.15) is 17.3 Å². The molecular weight excluding hydrogens is 247 g/mol. The summed E-state index contributed by atoms with van der Waals surface area (Å²) in [7, 11) is -3.66. The predicted molar refractivity (Wildman–Crippen MR) is 61.1 cm³/mol. The minimum absolute atomic E-state index is 0.0717. The number of aliphatic hydroxyl groups excluding tert-OH is 1. The van der Waals surface area contributed by atoms with E-state index in [0.29, 0.717) is 0 Å². The van der Waals surface area contributed by atoms with Crippen LogP contribution in [0, 0.1) is 5.82 Å². The molecule has 0 amide bonds. The van der Waals surface area contributed by atoms with E-state index in [1.54, 1.807) is 0 Å². The third kappa shape index (κ3) is 3.10. The van der Waals surface area contributed by atoms with Gasteiger partial charge in [0, 0.05) is 11.3 Å². The van der Waals surface area contributed by atoms with Crippen LogP contribution >= 0.6 is 0 Å². The third-order valence-corrected chi connectivity index (χ3v) is 4.46. The fourth-order valence-electron chi connectivity index (χ4n) is 1.36. The van der Waals surface area contributed by atoms with E-state index in [1.807, 2.05) is 0 Å². The molecule has 1 unspecified atom stereocenters. The van der Waals surface area contributed by atoms with Crippen molar-refractivity contribution < 1.29 is 22.7 Å². The Morgan fingerprint density at radius 2 is 1.88 bits per heavy atom. The molecule has 0 aliphatic heterocycles. The number of sulfone groups is 1. The molecule has 0 heterocycles. The molecule has 0 bridgehead atoms. The number of Topliss-reactive ketones (excluding diaryl/α,β-unsaturated/α-hetero) is 1. The van der Waals surface area contributed by atoms with Crippen LogP contribution in [0.2, 0.25) is 0 Å². The first-order chi connectivity index (χ1) is 7.92. The van der Waals surface area contributed by atoms with Gasteiger partial charge in [0.1, 0.15) is 11.1 Å². The highest BCUT2D eigenvalue weighted by Crippen LogP contribution is 2.12. The Bertz CT molecular complexity index is 493. The second kappa shape index (κ2) is 5.37. The van der Waals surface area contributed by atoms with Crippen LogP contribution in [0.5, 0.6) is 0 Å². The standard InChI is InChI=1S/C11H13FO4S/c1-2-17(15,16)10(7-13)11(14)8-3-5-9(12)6-4-8/h3-6,10,13H,2,7H2,1H3. The van der Waals surface area contributed by atoms with Gasteiger partial charge in [-0.15, -0.1) is 0 Å². The first-order valence-electron chi connectivity index (χ1n) is 5.04. The summed E-state index contributed by atoms with van der Waals surface area (Å²) in [5, 5.41) is 7.53. The highest BCUT2D eigenvalue weighted by atomic mass is 32.2. The highest BCUT2D eigenvalue weighted by Gasteiger charge is 2.31. The molecule has 0 saturated carbocycles. The highest BCUT2D eigenvalue weighted by molar-refractivity contribution is 7.92. The van der Waals surface area contributed by atoms with E-state index >= 15 is 0 Å². The molecule has 1 aromatic rings. The van der Waals surface area contributed by atoms with Crippen molar-refractivity contribution in [2.24, 2.45) is 0 Å². The third-order valence-electron chi connectivity index (χ3n) is 2.42. The summed E-state index contributed by atoms with van der Waals surface area (Å²) < 4.78 is 35.8. The van der Waals surface area contributed by atoms with Crippen LogP contribution in [0.3, 0.4) is 0 Å². The minimum atomic E-state index is -3.66. The van der Waals surface area contributed by atoms with Gasteiger partial charge in [-0.3, -0.25) is 4.79 Å². The van der Waals surface area contributed by atoms with Crippen molar-refractivity contribution in [1.29, 1.82) is 0 Å². The predicted octanol–water partition coefficient (Wildman–Crippen LogP) is 0.804. The molecule has 0 aliphatic rings. The molecule has 1 aromatic carbocycles. The van der Waals surface area contributed by atoms with Crippen LogP contribution in [-0.4, -0.2) is 36.9 Å². The zero-order valence-electron chi connectivity index (χ0n) is 9.26. The lowest BCUT2D eigenvalue weighted by Crippen LogP contribution is -2.35. The van der Waals surface area contributed by atoms with E-state index in [-0.39, 0.29) is 11.3 Å². The number of carbonyl (C=O) groups is 1. The summed E-state index contributed by atoms with van der Waals surface area (Å²) in [6.45, 7) is 0.627. The SMILES string of the molecule is CCS(=O)(=O)C(CO)C(=O)c1ccc(F)cc1. The fraction of sp³-hybridized carbons (Fsp3) is 0.364. The van der Waals surface area contributed by atoms with Crippen molar-refractivity contribution in [3.05, 3.63) is 35.6 Å². The number of carbonyl (C=O) groups excluding carboxylic acids is 1. The molecule has 0 spiro atoms. The summed E-state index contributed by atoms with van der Waals surface area (Å²) >= 11 is 0. The Morgan fingerprint density at radius 1 is 1.35 bits per heavy atom. The van der Waals surface area contributed by atoms with Crippen molar-refractivity contribution in [1.82, 2.24) is 0 Å². The molecule has 0 aliphatic carbocycles. The lowest BCUT2D eigenvalue weighted by Gasteiger charge is -2.12. The van der Waals surface area contributed by atoms with Crippen LogP contribution in [0.25, 0.3) is 0 Å². The fourth-order valence-corrected chi connectivity index (χ4v) is 2.45. The zero-order valence-corrected chi connectivity index (χ0v) is 10.1. The van der Waals surface area contributed by atoms with Gasteiger partial charge in [0.15, 0.2) is 15.6 Å². The van der Waals surface area contributed by atoms with Crippen molar-refractivity contribution in [3.8, 4) is 0 Å². The minimum Gasteiger partial charge on any atom is -0.395 e. The van der Waals surface area contributed by atoms with Crippen molar-refractivity contribution >= 4 is 15.6 Å². The average molecular weight is 260 g/mol. The monoisotopic (exact) mass is 260 g/mol. The van der Waals surface area contributed by atoms with E-state index < -0.39 is 33.3 Å². The summed E-state index contributed by atoms with van der Waals surface area (Å²) in [4.78, 5) is 11.8. The lowest BCUT2D eigenvalue weighted by molar-refractivity contribution is 0.0961. The van der Waals surface area contributed by atoms with Gasteiger partial charge in [-0.25, -0.2) is 12.8 Å². The van der Waals surface area contributed by atoms with E-state index in [4.69, 9.17) is 5.11 Å². The first-order valence-corrected chi connectivity index (χ1v) is 6.76. The molecule has 17 heavy (non-hydrogen) atoms. The van der Waals surface area contributed by atoms with E-state index in [0.717, 1.165) is 12.1 Å². The summed E-state index contributed by atoms with van der Waals surface area (Å²) in [6.07, 6.45) is 0. The van der Waals surface area contributed by atoms with Gasteiger partial charge in [0.2, 0.25) is 0 Å². The van der Waals surface area contributed by atoms with Crippen LogP contribution in [0.4, 0.5) is 4.39 Å². The topological polar surface area (TPSA) is 71.4 Å². The van der Waals surface area contributed by atoms with Crippen LogP contribution in [0.15, 0.2) is 24.3 Å². The van der Waals surface area contributed by atoms with Gasteiger partial charge < -0.3 is 5.11 Å². The van der Waals surface area contributed by atoms with Gasteiger partial charge in [-0.2, -0.15) is 0 Å². The largest absolute Gasteiger partial charge is 0.395 e.